The molecule has 1 aromatic heterocycles. The number of benzene rings is 1. The Morgan fingerprint density at radius 3 is 3.00 bits per heavy atom. The molecule has 1 unspecified atom stereocenters. The number of likely N-dealkylation sites (tertiary alicyclic amines) is 1. The van der Waals surface area contributed by atoms with Crippen LogP contribution in [0.2, 0.25) is 0 Å². The second-order valence-electron chi connectivity index (χ2n) is 6.14. The molecule has 112 valence electrons. The van der Waals surface area contributed by atoms with E-state index in [0.717, 1.165) is 36.0 Å². The van der Waals surface area contributed by atoms with E-state index in [-0.39, 0.29) is 5.91 Å². The quantitative estimate of drug-likeness (QED) is 0.939. The molecule has 2 heterocycles. The van der Waals surface area contributed by atoms with Crippen molar-refractivity contribution < 1.29 is 4.79 Å². The first-order chi connectivity index (χ1) is 10.1. The average molecular weight is 285 g/mol. The Balaban J connectivity index is 1.71. The number of hydrogen-bond donors (Lipinski definition) is 1. The molecule has 2 aromatic rings. The first-order valence-electron chi connectivity index (χ1n) is 7.64. The monoisotopic (exact) mass is 285 g/mol. The third-order valence-electron chi connectivity index (χ3n) is 4.50. The van der Waals surface area contributed by atoms with Crippen LogP contribution in [-0.2, 0) is 11.2 Å². The van der Waals surface area contributed by atoms with Gasteiger partial charge in [-0.3, -0.25) is 4.79 Å². The molecule has 4 nitrogen and oxygen atoms in total. The molecule has 0 radical (unpaired) electrons. The van der Waals surface area contributed by atoms with E-state index in [1.807, 2.05) is 29.3 Å². The highest BCUT2D eigenvalue weighted by atomic mass is 16.2. The van der Waals surface area contributed by atoms with Crippen molar-refractivity contribution in [2.75, 3.05) is 27.2 Å². The number of carbonyl (C=O) groups excluding carboxylic acids is 1. The van der Waals surface area contributed by atoms with E-state index in [4.69, 9.17) is 0 Å². The lowest BCUT2D eigenvalue weighted by molar-refractivity contribution is -0.132. The van der Waals surface area contributed by atoms with Crippen LogP contribution in [-0.4, -0.2) is 53.9 Å². The summed E-state index contributed by atoms with van der Waals surface area (Å²) in [5.41, 5.74) is 2.20. The predicted octanol–water partition coefficient (Wildman–Crippen LogP) is 2.26. The summed E-state index contributed by atoms with van der Waals surface area (Å²) in [7, 11) is 4.19. The highest BCUT2D eigenvalue weighted by molar-refractivity contribution is 5.88. The number of nitrogens with zero attached hydrogens (tertiary/aromatic N) is 2. The van der Waals surface area contributed by atoms with Gasteiger partial charge in [0.1, 0.15) is 0 Å². The van der Waals surface area contributed by atoms with Crippen molar-refractivity contribution >= 4 is 16.8 Å². The standard InChI is InChI=1S/C17H23N3O/c1-19(2)14-6-5-9-20(12-14)17(21)10-13-11-18-16-8-4-3-7-15(13)16/h3-4,7-8,11,14,18H,5-6,9-10,12H2,1-2H3. The van der Waals surface area contributed by atoms with Gasteiger partial charge in [-0.2, -0.15) is 0 Å². The van der Waals surface area contributed by atoms with Gasteiger partial charge < -0.3 is 14.8 Å². The molecule has 1 N–H and O–H groups in total. The number of nitrogens with one attached hydrogen (secondary N) is 1. The number of amides is 1. The largest absolute Gasteiger partial charge is 0.361 e. The molecular formula is C17H23N3O. The summed E-state index contributed by atoms with van der Waals surface area (Å²) in [6.07, 6.45) is 4.74. The molecular weight excluding hydrogens is 262 g/mol. The number of aromatic nitrogens is 1. The second kappa shape index (κ2) is 5.90. The Morgan fingerprint density at radius 2 is 2.19 bits per heavy atom. The number of carbonyl (C=O) groups is 1. The number of fused-ring (bicyclic) bond motifs is 1. The topological polar surface area (TPSA) is 39.3 Å². The second-order valence-corrected chi connectivity index (χ2v) is 6.14. The van der Waals surface area contributed by atoms with Gasteiger partial charge in [0.15, 0.2) is 0 Å². The zero-order valence-corrected chi connectivity index (χ0v) is 12.8. The normalized spacial score (nSPS) is 19.4. The molecule has 0 spiro atoms. The van der Waals surface area contributed by atoms with Gasteiger partial charge in [-0.25, -0.2) is 0 Å². The van der Waals surface area contributed by atoms with Gasteiger partial charge in [-0.05, 0) is 38.6 Å². The maximum Gasteiger partial charge on any atom is 0.227 e. The highest BCUT2D eigenvalue weighted by Crippen LogP contribution is 2.20. The fourth-order valence-electron chi connectivity index (χ4n) is 3.16. The van der Waals surface area contributed by atoms with Crippen LogP contribution in [0.5, 0.6) is 0 Å². The van der Waals surface area contributed by atoms with Crippen molar-refractivity contribution in [2.24, 2.45) is 0 Å². The highest BCUT2D eigenvalue weighted by Gasteiger charge is 2.25. The Hall–Kier alpha value is -1.81. The molecule has 4 heteroatoms. The number of likely N-dealkylation sites (N-methyl/N-ethyl adjacent to an activating group) is 1. The van der Waals surface area contributed by atoms with E-state index in [1.165, 1.54) is 6.42 Å². The first kappa shape index (κ1) is 14.1. The minimum atomic E-state index is 0.242. The van der Waals surface area contributed by atoms with Crippen LogP contribution in [0, 0.1) is 0 Å². The number of H-pyrrole nitrogens is 1. The van der Waals surface area contributed by atoms with Crippen LogP contribution in [0.3, 0.4) is 0 Å². The van der Waals surface area contributed by atoms with Gasteiger partial charge in [-0.15, -0.1) is 0 Å². The molecule has 21 heavy (non-hydrogen) atoms. The summed E-state index contributed by atoms with van der Waals surface area (Å²) in [5, 5.41) is 1.16. The van der Waals surface area contributed by atoms with Gasteiger partial charge in [-0.1, -0.05) is 18.2 Å². The van der Waals surface area contributed by atoms with Crippen molar-refractivity contribution in [1.29, 1.82) is 0 Å². The van der Waals surface area contributed by atoms with Crippen LogP contribution >= 0.6 is 0 Å². The van der Waals surface area contributed by atoms with E-state index in [0.29, 0.717) is 12.5 Å². The van der Waals surface area contributed by atoms with Crippen molar-refractivity contribution in [2.45, 2.75) is 25.3 Å². The van der Waals surface area contributed by atoms with Crippen molar-refractivity contribution in [3.63, 3.8) is 0 Å². The molecule has 0 aliphatic carbocycles. The summed E-state index contributed by atoms with van der Waals surface area (Å²) >= 11 is 0. The van der Waals surface area contributed by atoms with E-state index in [1.54, 1.807) is 0 Å². The molecule has 1 atom stereocenters. The minimum absolute atomic E-state index is 0.242. The van der Waals surface area contributed by atoms with E-state index in [9.17, 15) is 4.79 Å². The first-order valence-corrected chi connectivity index (χ1v) is 7.64. The summed E-state index contributed by atoms with van der Waals surface area (Å²) < 4.78 is 0. The number of rotatable bonds is 3. The van der Waals surface area contributed by atoms with E-state index < -0.39 is 0 Å². The van der Waals surface area contributed by atoms with Crippen molar-refractivity contribution in [1.82, 2.24) is 14.8 Å². The van der Waals surface area contributed by atoms with Gasteiger partial charge >= 0.3 is 0 Å². The molecule has 1 saturated heterocycles. The third-order valence-corrected chi connectivity index (χ3v) is 4.50. The number of piperidine rings is 1. The van der Waals surface area contributed by atoms with Gasteiger partial charge in [0.2, 0.25) is 5.91 Å². The maximum atomic E-state index is 12.6. The molecule has 0 saturated carbocycles. The zero-order chi connectivity index (χ0) is 14.8. The van der Waals surface area contributed by atoms with Crippen LogP contribution in [0.4, 0.5) is 0 Å². The lowest BCUT2D eigenvalue weighted by Gasteiger charge is -2.36. The molecule has 3 rings (SSSR count). The predicted molar refractivity (Wildman–Crippen MR) is 85.3 cm³/mol. The van der Waals surface area contributed by atoms with Crippen LogP contribution < -0.4 is 0 Å². The SMILES string of the molecule is CN(C)C1CCCN(C(=O)Cc2c[nH]c3ccccc23)C1. The minimum Gasteiger partial charge on any atom is -0.361 e. The Kier molecular flexibility index (Phi) is 3.97. The Morgan fingerprint density at radius 1 is 1.38 bits per heavy atom. The number of aromatic amines is 1. The number of hydrogen-bond acceptors (Lipinski definition) is 2. The summed E-state index contributed by atoms with van der Waals surface area (Å²) in [4.78, 5) is 20.1. The smallest absolute Gasteiger partial charge is 0.227 e. The lowest BCUT2D eigenvalue weighted by atomic mass is 10.0. The van der Waals surface area contributed by atoms with Crippen LogP contribution in [0.25, 0.3) is 10.9 Å². The van der Waals surface area contributed by atoms with Gasteiger partial charge in [0.25, 0.3) is 0 Å². The van der Waals surface area contributed by atoms with Gasteiger partial charge in [0, 0.05) is 36.2 Å². The number of para-hydroxylation sites is 1. The third kappa shape index (κ3) is 2.95. The fraction of sp³-hybridized carbons (Fsp3) is 0.471. The molecule has 1 aliphatic rings. The molecule has 1 fully saturated rings. The fourth-order valence-corrected chi connectivity index (χ4v) is 3.16. The molecule has 1 amide bonds. The van der Waals surface area contributed by atoms with Crippen molar-refractivity contribution in [3.8, 4) is 0 Å². The van der Waals surface area contributed by atoms with Gasteiger partial charge in [0.05, 0.1) is 6.42 Å². The lowest BCUT2D eigenvalue weighted by Crippen LogP contribution is -2.47. The summed E-state index contributed by atoms with van der Waals surface area (Å²) in [6.45, 7) is 1.75. The molecule has 0 bridgehead atoms. The zero-order valence-electron chi connectivity index (χ0n) is 12.8. The Bertz CT molecular complexity index is 632. The molecule has 1 aromatic carbocycles. The summed E-state index contributed by atoms with van der Waals surface area (Å²) in [6, 6.07) is 8.65. The van der Waals surface area contributed by atoms with E-state index in [2.05, 4.69) is 30.0 Å². The summed E-state index contributed by atoms with van der Waals surface area (Å²) in [5.74, 6) is 0.242. The van der Waals surface area contributed by atoms with Crippen LogP contribution in [0.1, 0.15) is 18.4 Å². The maximum absolute atomic E-state index is 12.6. The van der Waals surface area contributed by atoms with Crippen molar-refractivity contribution in [3.05, 3.63) is 36.0 Å². The van der Waals surface area contributed by atoms with E-state index >= 15 is 0 Å². The average Bonchev–Trinajstić information content (AvgIpc) is 2.91. The Labute approximate surface area is 125 Å². The van der Waals surface area contributed by atoms with Crippen LogP contribution in [0.15, 0.2) is 30.5 Å². The molecule has 1 aliphatic heterocycles.